The summed E-state index contributed by atoms with van der Waals surface area (Å²) < 4.78 is 71.0. The molecule has 0 N–H and O–H groups in total. The zero-order valence-corrected chi connectivity index (χ0v) is 19.1. The third kappa shape index (κ3) is 4.77. The van der Waals surface area contributed by atoms with Crippen molar-refractivity contribution in [1.82, 2.24) is 0 Å². The molecule has 0 amide bonds. The summed E-state index contributed by atoms with van der Waals surface area (Å²) in [5, 5.41) is 0. The van der Waals surface area contributed by atoms with E-state index in [9.17, 15) is 26.4 Å². The van der Waals surface area contributed by atoms with Crippen molar-refractivity contribution in [2.45, 2.75) is 63.5 Å². The summed E-state index contributed by atoms with van der Waals surface area (Å²) >= 11 is 0. The topological polar surface area (TPSA) is 69.7 Å². The Hall–Kier alpha value is -2.55. The molecule has 0 atom stereocenters. The molecule has 0 bridgehead atoms. The van der Waals surface area contributed by atoms with Crippen LogP contribution < -0.4 is 8.92 Å². The Morgan fingerprint density at radius 1 is 0.938 bits per heavy atom. The van der Waals surface area contributed by atoms with E-state index in [1.165, 1.54) is 23.3 Å². The molecule has 0 radical (unpaired) electrons. The Balaban J connectivity index is 1.90. The molecule has 0 fully saturated rings. The SMILES string of the molecule is CC1(C)CCC(C)(C)c2cc(COc3ccc(C=O)cc3OS(=O)(=O)C(F)(F)F)ccc21. The molecule has 32 heavy (non-hydrogen) atoms. The quantitative estimate of drug-likeness (QED) is 0.310. The summed E-state index contributed by atoms with van der Waals surface area (Å²) in [5.41, 5.74) is -2.47. The monoisotopic (exact) mass is 470 g/mol. The first-order chi connectivity index (χ1) is 14.7. The lowest BCUT2D eigenvalue weighted by atomic mass is 9.63. The van der Waals surface area contributed by atoms with Gasteiger partial charge < -0.3 is 8.92 Å². The Labute approximate surface area is 185 Å². The largest absolute Gasteiger partial charge is 0.534 e. The molecule has 1 aliphatic carbocycles. The average Bonchev–Trinajstić information content (AvgIpc) is 2.69. The highest BCUT2D eigenvalue weighted by Gasteiger charge is 2.49. The van der Waals surface area contributed by atoms with Gasteiger partial charge in [0.25, 0.3) is 0 Å². The minimum Gasteiger partial charge on any atom is -0.485 e. The van der Waals surface area contributed by atoms with Gasteiger partial charge in [0.05, 0.1) is 0 Å². The van der Waals surface area contributed by atoms with Gasteiger partial charge in [0, 0.05) is 5.56 Å². The number of carbonyl (C=O) groups excluding carboxylic acids is 1. The van der Waals surface area contributed by atoms with Crippen LogP contribution >= 0.6 is 0 Å². The fraction of sp³-hybridized carbons (Fsp3) is 0.435. The summed E-state index contributed by atoms with van der Waals surface area (Å²) in [7, 11) is -5.92. The van der Waals surface area contributed by atoms with Gasteiger partial charge in [-0.05, 0) is 58.6 Å². The predicted octanol–water partition coefficient (Wildman–Crippen LogP) is 5.66. The van der Waals surface area contributed by atoms with E-state index in [1.807, 2.05) is 18.2 Å². The predicted molar refractivity (Wildman–Crippen MR) is 113 cm³/mol. The number of carbonyl (C=O) groups is 1. The molecule has 5 nitrogen and oxygen atoms in total. The fourth-order valence-electron chi connectivity index (χ4n) is 3.83. The molecule has 3 rings (SSSR count). The molecule has 0 saturated heterocycles. The lowest BCUT2D eigenvalue weighted by Crippen LogP contribution is -2.33. The molecule has 174 valence electrons. The molecule has 2 aromatic rings. The molecular formula is C23H25F3O5S. The second kappa shape index (κ2) is 8.10. The van der Waals surface area contributed by atoms with Gasteiger partial charge in [0.15, 0.2) is 11.5 Å². The minimum atomic E-state index is -5.92. The van der Waals surface area contributed by atoms with Crippen molar-refractivity contribution in [3.8, 4) is 11.5 Å². The second-order valence-electron chi connectivity index (χ2n) is 9.24. The van der Waals surface area contributed by atoms with Crippen molar-refractivity contribution in [1.29, 1.82) is 0 Å². The molecule has 0 aliphatic heterocycles. The average molecular weight is 471 g/mol. The van der Waals surface area contributed by atoms with E-state index in [0.29, 0.717) is 6.29 Å². The molecule has 0 saturated carbocycles. The zero-order chi connectivity index (χ0) is 23.9. The summed E-state index contributed by atoms with van der Waals surface area (Å²) in [5.74, 6) is -0.924. The van der Waals surface area contributed by atoms with Crippen LogP contribution in [0.4, 0.5) is 13.2 Å². The van der Waals surface area contributed by atoms with Crippen LogP contribution in [0.2, 0.25) is 0 Å². The van der Waals surface area contributed by atoms with E-state index in [0.717, 1.165) is 24.5 Å². The number of fused-ring (bicyclic) bond motifs is 1. The molecule has 0 aromatic heterocycles. The van der Waals surface area contributed by atoms with Gasteiger partial charge in [-0.2, -0.15) is 21.6 Å². The van der Waals surface area contributed by atoms with Crippen LogP contribution in [-0.4, -0.2) is 20.2 Å². The van der Waals surface area contributed by atoms with E-state index in [1.54, 1.807) is 0 Å². The molecule has 9 heteroatoms. The summed E-state index contributed by atoms with van der Waals surface area (Å²) in [6.45, 7) is 8.69. The summed E-state index contributed by atoms with van der Waals surface area (Å²) in [4.78, 5) is 11.0. The van der Waals surface area contributed by atoms with E-state index in [-0.39, 0.29) is 28.7 Å². The Morgan fingerprint density at radius 3 is 2.16 bits per heavy atom. The van der Waals surface area contributed by atoms with Crippen LogP contribution in [0.3, 0.4) is 0 Å². The van der Waals surface area contributed by atoms with Gasteiger partial charge in [0.2, 0.25) is 0 Å². The van der Waals surface area contributed by atoms with Crippen LogP contribution in [0.1, 0.15) is 67.6 Å². The standard InChI is InChI=1S/C23H25F3O5S/c1-21(2)9-10-22(3,4)18-11-16(5-7-17(18)21)14-30-19-8-6-15(13-27)12-20(19)31-32(28,29)23(24,25)26/h5-8,11-13H,9-10,14H2,1-4H3. The number of aldehydes is 1. The smallest absolute Gasteiger partial charge is 0.485 e. The first-order valence-electron chi connectivity index (χ1n) is 10.0. The third-order valence-electron chi connectivity index (χ3n) is 5.90. The number of hydrogen-bond donors (Lipinski definition) is 0. The van der Waals surface area contributed by atoms with E-state index in [2.05, 4.69) is 31.9 Å². The lowest BCUT2D eigenvalue weighted by Gasteiger charge is -2.42. The zero-order valence-electron chi connectivity index (χ0n) is 18.2. The molecule has 1 aliphatic rings. The van der Waals surface area contributed by atoms with Gasteiger partial charge in [-0.25, -0.2) is 0 Å². The third-order valence-corrected chi connectivity index (χ3v) is 6.86. The van der Waals surface area contributed by atoms with E-state index < -0.39 is 21.4 Å². The number of benzene rings is 2. The maximum Gasteiger partial charge on any atom is 0.534 e. The Kier molecular flexibility index (Phi) is 6.10. The normalized spacial score (nSPS) is 17.3. The van der Waals surface area contributed by atoms with Gasteiger partial charge in [-0.3, -0.25) is 4.79 Å². The van der Waals surface area contributed by atoms with E-state index >= 15 is 0 Å². The van der Waals surface area contributed by atoms with Crippen LogP contribution in [0.15, 0.2) is 36.4 Å². The second-order valence-corrected chi connectivity index (χ2v) is 10.8. The first-order valence-corrected chi connectivity index (χ1v) is 11.4. The summed E-state index contributed by atoms with van der Waals surface area (Å²) in [6.07, 6.45) is 2.43. The van der Waals surface area contributed by atoms with Crippen molar-refractivity contribution >= 4 is 16.4 Å². The Morgan fingerprint density at radius 2 is 1.56 bits per heavy atom. The molecule has 0 heterocycles. The highest BCUT2D eigenvalue weighted by atomic mass is 32.2. The van der Waals surface area contributed by atoms with Gasteiger partial charge in [-0.1, -0.05) is 45.9 Å². The van der Waals surface area contributed by atoms with E-state index in [4.69, 9.17) is 4.74 Å². The van der Waals surface area contributed by atoms with Crippen molar-refractivity contribution < 1.29 is 35.3 Å². The van der Waals surface area contributed by atoms with Crippen LogP contribution in [-0.2, 0) is 27.6 Å². The maximum absolute atomic E-state index is 12.8. The van der Waals surface area contributed by atoms with Crippen molar-refractivity contribution in [2.24, 2.45) is 0 Å². The van der Waals surface area contributed by atoms with Crippen molar-refractivity contribution in [3.05, 3.63) is 58.7 Å². The van der Waals surface area contributed by atoms with Crippen LogP contribution in [0.5, 0.6) is 11.5 Å². The van der Waals surface area contributed by atoms with Crippen LogP contribution in [0, 0.1) is 0 Å². The maximum atomic E-state index is 12.8. The molecule has 0 spiro atoms. The highest BCUT2D eigenvalue weighted by Crippen LogP contribution is 2.46. The molecular weight excluding hydrogens is 445 g/mol. The summed E-state index contributed by atoms with van der Waals surface area (Å²) in [6, 6.07) is 9.34. The lowest BCUT2D eigenvalue weighted by molar-refractivity contribution is -0.0500. The Bertz CT molecular complexity index is 1130. The van der Waals surface area contributed by atoms with Crippen molar-refractivity contribution in [2.75, 3.05) is 0 Å². The first kappa shape index (κ1) is 24.1. The van der Waals surface area contributed by atoms with Crippen LogP contribution in [0.25, 0.3) is 0 Å². The molecule has 2 aromatic carbocycles. The van der Waals surface area contributed by atoms with Crippen molar-refractivity contribution in [3.63, 3.8) is 0 Å². The number of alkyl halides is 3. The highest BCUT2D eigenvalue weighted by molar-refractivity contribution is 7.88. The number of halogens is 3. The van der Waals surface area contributed by atoms with Gasteiger partial charge >= 0.3 is 15.6 Å². The van der Waals surface area contributed by atoms with Gasteiger partial charge in [-0.15, -0.1) is 0 Å². The van der Waals surface area contributed by atoms with Gasteiger partial charge in [0.1, 0.15) is 12.9 Å². The number of ether oxygens (including phenoxy) is 1. The minimum absolute atomic E-state index is 0.0212. The number of hydrogen-bond acceptors (Lipinski definition) is 5. The molecule has 0 unspecified atom stereocenters. The number of rotatable bonds is 6. The fourth-order valence-corrected chi connectivity index (χ4v) is 4.30.